The average molecular weight is 259 g/mol. The van der Waals surface area contributed by atoms with Gasteiger partial charge in [0.15, 0.2) is 0 Å². The second kappa shape index (κ2) is 7.67. The molecule has 17 heavy (non-hydrogen) atoms. The number of rotatable bonds is 7. The Morgan fingerprint density at radius 2 is 2.00 bits per heavy atom. The van der Waals surface area contributed by atoms with Crippen molar-refractivity contribution >= 4 is 11.8 Å². The van der Waals surface area contributed by atoms with Gasteiger partial charge >= 0.3 is 0 Å². The topological polar surface area (TPSA) is 12.0 Å². The van der Waals surface area contributed by atoms with Crippen molar-refractivity contribution in [1.82, 2.24) is 5.32 Å². The molecular formula is C13H19F2NS. The van der Waals surface area contributed by atoms with Crippen molar-refractivity contribution in [2.24, 2.45) is 5.92 Å². The van der Waals surface area contributed by atoms with E-state index in [0.717, 1.165) is 31.3 Å². The number of hydrogen-bond acceptors (Lipinski definition) is 2. The number of benzene rings is 1. The van der Waals surface area contributed by atoms with Gasteiger partial charge in [-0.2, -0.15) is 0 Å². The summed E-state index contributed by atoms with van der Waals surface area (Å²) in [4.78, 5) is 0.511. The molecule has 0 heterocycles. The first-order valence-corrected chi connectivity index (χ1v) is 6.86. The highest BCUT2D eigenvalue weighted by atomic mass is 32.2. The Morgan fingerprint density at radius 3 is 2.65 bits per heavy atom. The molecule has 0 bridgehead atoms. The van der Waals surface area contributed by atoms with E-state index in [1.165, 1.54) is 23.9 Å². The van der Waals surface area contributed by atoms with E-state index in [4.69, 9.17) is 0 Å². The number of nitrogens with one attached hydrogen (secondary N) is 1. The fourth-order valence-electron chi connectivity index (χ4n) is 1.34. The Morgan fingerprint density at radius 1 is 1.24 bits per heavy atom. The number of hydrogen-bond donors (Lipinski definition) is 1. The van der Waals surface area contributed by atoms with Crippen LogP contribution in [0.1, 0.15) is 20.3 Å². The first kappa shape index (κ1) is 14.5. The maximum atomic E-state index is 13.3. The van der Waals surface area contributed by atoms with Crippen molar-refractivity contribution in [3.8, 4) is 0 Å². The summed E-state index contributed by atoms with van der Waals surface area (Å²) in [5.74, 6) is 0.490. The molecule has 0 aliphatic rings. The lowest BCUT2D eigenvalue weighted by atomic mass is 10.1. The van der Waals surface area contributed by atoms with Crippen molar-refractivity contribution in [2.45, 2.75) is 25.2 Å². The van der Waals surface area contributed by atoms with Crippen molar-refractivity contribution in [3.05, 3.63) is 29.8 Å². The summed E-state index contributed by atoms with van der Waals surface area (Å²) in [6.45, 7) is 6.20. The van der Waals surface area contributed by atoms with Crippen LogP contribution in [0.3, 0.4) is 0 Å². The molecule has 0 saturated carbocycles. The molecule has 0 atom stereocenters. The van der Waals surface area contributed by atoms with E-state index in [9.17, 15) is 8.78 Å². The summed E-state index contributed by atoms with van der Waals surface area (Å²) in [6.07, 6.45) is 1.15. The Balaban J connectivity index is 2.18. The predicted molar refractivity (Wildman–Crippen MR) is 69.4 cm³/mol. The molecule has 0 unspecified atom stereocenters. The summed E-state index contributed by atoms with van der Waals surface area (Å²) >= 11 is 1.41. The molecule has 0 fully saturated rings. The van der Waals surface area contributed by atoms with Gasteiger partial charge < -0.3 is 5.32 Å². The highest BCUT2D eigenvalue weighted by Crippen LogP contribution is 2.21. The van der Waals surface area contributed by atoms with Gasteiger partial charge in [0.1, 0.15) is 11.6 Å². The Kier molecular flexibility index (Phi) is 6.52. The zero-order chi connectivity index (χ0) is 12.7. The lowest BCUT2D eigenvalue weighted by Crippen LogP contribution is -2.19. The molecule has 0 saturated heterocycles. The fourth-order valence-corrected chi connectivity index (χ4v) is 2.17. The van der Waals surface area contributed by atoms with Gasteiger partial charge in [-0.15, -0.1) is 11.8 Å². The third kappa shape index (κ3) is 6.03. The Labute approximate surface area is 106 Å². The van der Waals surface area contributed by atoms with Gasteiger partial charge in [-0.3, -0.25) is 0 Å². The zero-order valence-electron chi connectivity index (χ0n) is 10.3. The summed E-state index contributed by atoms with van der Waals surface area (Å²) in [5.41, 5.74) is 0. The molecule has 0 amide bonds. The molecule has 1 rings (SSSR count). The van der Waals surface area contributed by atoms with E-state index in [1.54, 1.807) is 0 Å². The van der Waals surface area contributed by atoms with Gasteiger partial charge in [-0.25, -0.2) is 8.78 Å². The van der Waals surface area contributed by atoms with Crippen LogP contribution >= 0.6 is 11.8 Å². The second-order valence-electron chi connectivity index (χ2n) is 4.36. The Hall–Kier alpha value is -0.610. The first-order chi connectivity index (χ1) is 8.09. The van der Waals surface area contributed by atoms with Gasteiger partial charge in [0.25, 0.3) is 0 Å². The third-order valence-corrected chi connectivity index (χ3v) is 3.38. The minimum absolute atomic E-state index is 0.475. The molecule has 1 N–H and O–H groups in total. The van der Waals surface area contributed by atoms with Crippen molar-refractivity contribution in [1.29, 1.82) is 0 Å². The van der Waals surface area contributed by atoms with Crippen LogP contribution in [0.2, 0.25) is 0 Å². The standard InChI is InChI=1S/C13H19F2NS/c1-10(2)5-6-16-7-8-17-13-4-3-11(14)9-12(13)15/h3-4,9-10,16H,5-8H2,1-2H3. The van der Waals surface area contributed by atoms with E-state index < -0.39 is 11.6 Å². The van der Waals surface area contributed by atoms with Crippen LogP contribution in [-0.4, -0.2) is 18.8 Å². The zero-order valence-corrected chi connectivity index (χ0v) is 11.1. The molecule has 0 aliphatic carbocycles. The third-order valence-electron chi connectivity index (χ3n) is 2.33. The van der Waals surface area contributed by atoms with Crippen LogP contribution in [0.4, 0.5) is 8.78 Å². The number of thioether (sulfide) groups is 1. The minimum atomic E-state index is -0.526. The van der Waals surface area contributed by atoms with Gasteiger partial charge in [-0.1, -0.05) is 13.8 Å². The second-order valence-corrected chi connectivity index (χ2v) is 5.49. The van der Waals surface area contributed by atoms with E-state index in [2.05, 4.69) is 19.2 Å². The van der Waals surface area contributed by atoms with Crippen LogP contribution < -0.4 is 5.32 Å². The molecule has 1 nitrogen and oxygen atoms in total. The van der Waals surface area contributed by atoms with Gasteiger partial charge in [0.2, 0.25) is 0 Å². The summed E-state index contributed by atoms with van der Waals surface area (Å²) in [5, 5.41) is 3.30. The normalized spacial score (nSPS) is 11.1. The summed E-state index contributed by atoms with van der Waals surface area (Å²) < 4.78 is 25.9. The molecule has 1 aromatic rings. The molecule has 0 aromatic heterocycles. The fraction of sp³-hybridized carbons (Fsp3) is 0.538. The molecule has 1 aromatic carbocycles. The van der Waals surface area contributed by atoms with Crippen molar-refractivity contribution in [2.75, 3.05) is 18.8 Å². The molecule has 0 aliphatic heterocycles. The maximum absolute atomic E-state index is 13.3. The molecule has 4 heteroatoms. The van der Waals surface area contributed by atoms with Crippen molar-refractivity contribution < 1.29 is 8.78 Å². The van der Waals surface area contributed by atoms with Crippen molar-refractivity contribution in [3.63, 3.8) is 0 Å². The molecular weight excluding hydrogens is 240 g/mol. The quantitative estimate of drug-likeness (QED) is 0.592. The lowest BCUT2D eigenvalue weighted by molar-refractivity contribution is 0.547. The summed E-state index contributed by atoms with van der Waals surface area (Å²) in [6, 6.07) is 3.70. The van der Waals surface area contributed by atoms with Crippen LogP contribution in [-0.2, 0) is 0 Å². The van der Waals surface area contributed by atoms with E-state index in [0.29, 0.717) is 10.8 Å². The molecule has 0 spiro atoms. The van der Waals surface area contributed by atoms with Gasteiger partial charge in [0, 0.05) is 23.3 Å². The molecule has 96 valence electrons. The van der Waals surface area contributed by atoms with E-state index >= 15 is 0 Å². The highest BCUT2D eigenvalue weighted by molar-refractivity contribution is 7.99. The van der Waals surface area contributed by atoms with E-state index in [1.807, 2.05) is 0 Å². The lowest BCUT2D eigenvalue weighted by Gasteiger charge is -2.07. The van der Waals surface area contributed by atoms with Crippen LogP contribution in [0.5, 0.6) is 0 Å². The first-order valence-electron chi connectivity index (χ1n) is 5.88. The monoisotopic (exact) mass is 259 g/mol. The predicted octanol–water partition coefficient (Wildman–Crippen LogP) is 3.69. The summed E-state index contributed by atoms with van der Waals surface area (Å²) in [7, 11) is 0. The smallest absolute Gasteiger partial charge is 0.139 e. The average Bonchev–Trinajstić information content (AvgIpc) is 2.25. The van der Waals surface area contributed by atoms with Gasteiger partial charge in [0.05, 0.1) is 0 Å². The van der Waals surface area contributed by atoms with Crippen LogP contribution in [0, 0.1) is 17.6 Å². The van der Waals surface area contributed by atoms with Crippen LogP contribution in [0.15, 0.2) is 23.1 Å². The minimum Gasteiger partial charge on any atom is -0.316 e. The highest BCUT2D eigenvalue weighted by Gasteiger charge is 2.03. The van der Waals surface area contributed by atoms with E-state index in [-0.39, 0.29) is 0 Å². The SMILES string of the molecule is CC(C)CCNCCSc1ccc(F)cc1F. The van der Waals surface area contributed by atoms with Crippen LogP contribution in [0.25, 0.3) is 0 Å². The Bertz CT molecular complexity index is 342. The molecule has 0 radical (unpaired) electrons. The maximum Gasteiger partial charge on any atom is 0.139 e. The van der Waals surface area contributed by atoms with Gasteiger partial charge in [-0.05, 0) is 31.0 Å². The largest absolute Gasteiger partial charge is 0.316 e. The number of halogens is 2.